The summed E-state index contributed by atoms with van der Waals surface area (Å²) >= 11 is 1.93. The molecule has 0 radical (unpaired) electrons. The van der Waals surface area contributed by atoms with E-state index in [0.717, 1.165) is 12.0 Å². The van der Waals surface area contributed by atoms with Crippen LogP contribution in [0.1, 0.15) is 85.3 Å². The van der Waals surface area contributed by atoms with E-state index in [1.165, 1.54) is 51.5 Å². The van der Waals surface area contributed by atoms with E-state index in [9.17, 15) is 4.79 Å². The lowest BCUT2D eigenvalue weighted by molar-refractivity contribution is 0.178. The fourth-order valence-electron chi connectivity index (χ4n) is 5.13. The molecule has 0 bridgehead atoms. The first kappa shape index (κ1) is 21.3. The first-order valence-corrected chi connectivity index (χ1v) is 12.7. The topological polar surface area (TPSA) is 37.3 Å². The van der Waals surface area contributed by atoms with Crippen molar-refractivity contribution in [2.75, 3.05) is 0 Å². The van der Waals surface area contributed by atoms with Crippen molar-refractivity contribution in [1.29, 1.82) is 0 Å². The van der Waals surface area contributed by atoms with E-state index in [1.54, 1.807) is 0 Å². The van der Waals surface area contributed by atoms with Crippen molar-refractivity contribution in [2.45, 2.75) is 77.9 Å². The van der Waals surface area contributed by atoms with Gasteiger partial charge in [0, 0.05) is 22.7 Å². The van der Waals surface area contributed by atoms with E-state index < -0.39 is 0 Å². The van der Waals surface area contributed by atoms with Crippen LogP contribution in [0, 0.1) is 0 Å². The van der Waals surface area contributed by atoms with Crippen LogP contribution in [-0.2, 0) is 19.4 Å². The fourth-order valence-corrected chi connectivity index (χ4v) is 6.53. The Hall–Kier alpha value is -2.53. The highest BCUT2D eigenvalue weighted by molar-refractivity contribution is 7.15. The summed E-state index contributed by atoms with van der Waals surface area (Å²) in [6.07, 6.45) is 6.99. The first-order chi connectivity index (χ1) is 15.4. The molecule has 0 unspecified atom stereocenters. The molecule has 0 saturated heterocycles. The van der Waals surface area contributed by atoms with Gasteiger partial charge in [-0.15, -0.1) is 11.3 Å². The number of aryl methyl sites for hydroxylation is 1. The third kappa shape index (κ3) is 3.66. The molecular formula is C27H33N3OS. The van der Waals surface area contributed by atoms with E-state index in [4.69, 9.17) is 0 Å². The Bertz CT molecular complexity index is 1120. The van der Waals surface area contributed by atoms with E-state index in [1.807, 2.05) is 25.2 Å². The summed E-state index contributed by atoms with van der Waals surface area (Å²) in [5, 5.41) is 4.48. The van der Waals surface area contributed by atoms with Gasteiger partial charge in [0.1, 0.15) is 5.00 Å². The van der Waals surface area contributed by atoms with Gasteiger partial charge in [0.2, 0.25) is 0 Å². The second kappa shape index (κ2) is 8.43. The lowest BCUT2D eigenvalue weighted by atomic mass is 9.94. The molecule has 2 aliphatic rings. The molecule has 168 valence electrons. The normalized spacial score (nSPS) is 17.7. The molecule has 1 aliphatic heterocycles. The van der Waals surface area contributed by atoms with Gasteiger partial charge in [-0.25, -0.2) is 4.79 Å². The molecule has 5 rings (SSSR count). The maximum atomic E-state index is 13.6. The van der Waals surface area contributed by atoms with Gasteiger partial charge in [0.25, 0.3) is 0 Å². The maximum absolute atomic E-state index is 13.6. The molecule has 2 amide bonds. The number of hydrogen-bond donors (Lipinski definition) is 1. The third-order valence-corrected chi connectivity index (χ3v) is 8.10. The number of carbonyl (C=O) groups excluding carboxylic acids is 1. The van der Waals surface area contributed by atoms with Crippen molar-refractivity contribution >= 4 is 17.4 Å². The highest BCUT2D eigenvalue weighted by atomic mass is 32.1. The highest BCUT2D eigenvalue weighted by Crippen LogP contribution is 2.44. The number of fused-ring (bicyclic) bond motifs is 5. The molecule has 0 spiro atoms. The number of rotatable bonds is 3. The number of nitrogens with one attached hydrogen (secondary N) is 1. The molecule has 4 nitrogen and oxygen atoms in total. The zero-order valence-electron chi connectivity index (χ0n) is 19.5. The molecular weight excluding hydrogens is 414 g/mol. The second-order valence-electron chi connectivity index (χ2n) is 9.75. The Morgan fingerprint density at radius 1 is 1.03 bits per heavy atom. The van der Waals surface area contributed by atoms with Crippen LogP contribution < -0.4 is 5.32 Å². The molecule has 2 aromatic heterocycles. The summed E-state index contributed by atoms with van der Waals surface area (Å²) in [5.74, 6) is 0.487. The Labute approximate surface area is 195 Å². The number of urea groups is 1. The van der Waals surface area contributed by atoms with Crippen molar-refractivity contribution in [3.63, 3.8) is 0 Å². The van der Waals surface area contributed by atoms with Gasteiger partial charge in [0.15, 0.2) is 0 Å². The molecule has 1 aliphatic carbocycles. The molecule has 1 atom stereocenters. The first-order valence-electron chi connectivity index (χ1n) is 11.9. The Morgan fingerprint density at radius 2 is 1.78 bits per heavy atom. The lowest BCUT2D eigenvalue weighted by Crippen LogP contribution is -2.44. The predicted molar refractivity (Wildman–Crippen MR) is 132 cm³/mol. The second-order valence-corrected chi connectivity index (χ2v) is 10.8. The van der Waals surface area contributed by atoms with E-state index in [2.05, 4.69) is 71.2 Å². The molecule has 0 fully saturated rings. The quantitative estimate of drug-likeness (QED) is 0.485. The summed E-state index contributed by atoms with van der Waals surface area (Å²) < 4.78 is 2.35. The number of hydrogen-bond acceptors (Lipinski definition) is 2. The summed E-state index contributed by atoms with van der Waals surface area (Å²) in [5.41, 5.74) is 6.50. The van der Waals surface area contributed by atoms with Crippen molar-refractivity contribution < 1.29 is 4.79 Å². The van der Waals surface area contributed by atoms with Crippen molar-refractivity contribution in [3.05, 3.63) is 75.4 Å². The number of aromatic nitrogens is 1. The minimum absolute atomic E-state index is 0.00861. The van der Waals surface area contributed by atoms with Crippen LogP contribution in [0.15, 0.2) is 42.6 Å². The number of amides is 2. The summed E-state index contributed by atoms with van der Waals surface area (Å²) in [4.78, 5) is 17.1. The third-order valence-electron chi connectivity index (χ3n) is 6.77. The molecule has 3 heterocycles. The zero-order valence-corrected chi connectivity index (χ0v) is 20.3. The maximum Gasteiger partial charge on any atom is 0.318 e. The largest absolute Gasteiger partial charge is 0.336 e. The highest BCUT2D eigenvalue weighted by Gasteiger charge is 2.36. The zero-order chi connectivity index (χ0) is 22.4. The smallest absolute Gasteiger partial charge is 0.318 e. The van der Waals surface area contributed by atoms with Gasteiger partial charge in [-0.05, 0) is 74.3 Å². The number of nitrogens with zero attached hydrogens (tertiary/aromatic N) is 2. The summed E-state index contributed by atoms with van der Waals surface area (Å²) in [6, 6.07) is 13.1. The average Bonchev–Trinajstić information content (AvgIpc) is 3.35. The van der Waals surface area contributed by atoms with Crippen LogP contribution >= 0.6 is 11.3 Å². The number of carbonyl (C=O) groups is 1. The average molecular weight is 448 g/mol. The number of thiophene rings is 1. The molecule has 5 heteroatoms. The van der Waals surface area contributed by atoms with Gasteiger partial charge in [-0.2, -0.15) is 0 Å². The summed E-state index contributed by atoms with van der Waals surface area (Å²) in [6.45, 7) is 9.15. The summed E-state index contributed by atoms with van der Waals surface area (Å²) in [7, 11) is 0. The minimum atomic E-state index is -0.121. The van der Waals surface area contributed by atoms with Gasteiger partial charge >= 0.3 is 6.03 Å². The van der Waals surface area contributed by atoms with Crippen LogP contribution in [-0.4, -0.2) is 21.5 Å². The van der Waals surface area contributed by atoms with Crippen molar-refractivity contribution in [1.82, 2.24) is 14.8 Å². The molecule has 0 saturated carbocycles. The van der Waals surface area contributed by atoms with Crippen LogP contribution in [0.5, 0.6) is 0 Å². The minimum Gasteiger partial charge on any atom is -0.336 e. The van der Waals surface area contributed by atoms with Crippen LogP contribution in [0.2, 0.25) is 0 Å². The van der Waals surface area contributed by atoms with E-state index in [0.29, 0.717) is 12.5 Å². The molecule has 32 heavy (non-hydrogen) atoms. The van der Waals surface area contributed by atoms with Gasteiger partial charge in [-0.3, -0.25) is 0 Å². The number of benzene rings is 1. The lowest BCUT2D eigenvalue weighted by Gasteiger charge is -2.32. The molecule has 1 aromatic carbocycles. The molecule has 3 aromatic rings. The van der Waals surface area contributed by atoms with Crippen molar-refractivity contribution in [2.24, 2.45) is 0 Å². The standard InChI is InChI=1S/C27H33N3OS/c1-17(2)19-11-13-20(14-12-19)25-23-9-7-15-29(23)26-22(16-30(25)27(31)28-18(3)4)21-8-5-6-10-24(21)32-26/h7,9,11-15,17-18,25H,5-6,8,10,16H2,1-4H3,(H,28,31)/t25-/m1/s1. The monoisotopic (exact) mass is 447 g/mol. The Morgan fingerprint density at radius 3 is 2.50 bits per heavy atom. The van der Waals surface area contributed by atoms with Gasteiger partial charge < -0.3 is 14.8 Å². The van der Waals surface area contributed by atoms with Crippen molar-refractivity contribution in [3.8, 4) is 5.00 Å². The Balaban J connectivity index is 1.66. The van der Waals surface area contributed by atoms with Gasteiger partial charge in [-0.1, -0.05) is 38.1 Å². The van der Waals surface area contributed by atoms with E-state index >= 15 is 0 Å². The van der Waals surface area contributed by atoms with Gasteiger partial charge in [0.05, 0.1) is 18.3 Å². The SMILES string of the molecule is CC(C)NC(=O)N1Cc2c(sc3c2CCCC3)-n2cccc2[C@H]1c1ccc(C(C)C)cc1. The fraction of sp³-hybridized carbons (Fsp3) is 0.444. The molecule has 1 N–H and O–H groups in total. The predicted octanol–water partition coefficient (Wildman–Crippen LogP) is 6.56. The van der Waals surface area contributed by atoms with Crippen LogP contribution in [0.3, 0.4) is 0 Å². The van der Waals surface area contributed by atoms with Crippen LogP contribution in [0.25, 0.3) is 5.00 Å². The Kier molecular flexibility index (Phi) is 5.62. The van der Waals surface area contributed by atoms with E-state index in [-0.39, 0.29) is 18.1 Å². The van der Waals surface area contributed by atoms with Crippen LogP contribution in [0.4, 0.5) is 4.79 Å².